The molecule has 0 atom stereocenters. The number of nitrogen functional groups attached to an aromatic ring is 1. The quantitative estimate of drug-likeness (QED) is 0.810. The zero-order valence-electron chi connectivity index (χ0n) is 8.35. The molecule has 0 spiro atoms. The number of hydrogen-bond acceptors (Lipinski definition) is 3. The third kappa shape index (κ3) is 1.77. The number of halogens is 1. The molecule has 2 rings (SSSR count). The second-order valence-corrected chi connectivity index (χ2v) is 3.66. The van der Waals surface area contributed by atoms with Gasteiger partial charge < -0.3 is 5.73 Å². The van der Waals surface area contributed by atoms with E-state index in [-0.39, 0.29) is 5.82 Å². The van der Waals surface area contributed by atoms with Crippen molar-refractivity contribution in [2.75, 3.05) is 5.73 Å². The van der Waals surface area contributed by atoms with Crippen LogP contribution in [0.2, 0.25) is 5.02 Å². The van der Waals surface area contributed by atoms with Gasteiger partial charge in [-0.1, -0.05) is 29.8 Å². The van der Waals surface area contributed by atoms with Crippen LogP contribution in [0.3, 0.4) is 0 Å². The Hall–Kier alpha value is -1.87. The van der Waals surface area contributed by atoms with Crippen molar-refractivity contribution in [1.82, 2.24) is 4.98 Å². The molecule has 0 fully saturated rings. The summed E-state index contributed by atoms with van der Waals surface area (Å²) in [5.41, 5.74) is 7.48. The molecule has 1 aromatic carbocycles. The van der Waals surface area contributed by atoms with E-state index in [9.17, 15) is 4.79 Å². The summed E-state index contributed by atoms with van der Waals surface area (Å²) in [6.45, 7) is 0. The predicted molar refractivity (Wildman–Crippen MR) is 64.5 cm³/mol. The van der Waals surface area contributed by atoms with Crippen LogP contribution in [0.15, 0.2) is 36.5 Å². The number of carbonyl (C=O) groups excluding carboxylic acids is 1. The Morgan fingerprint density at radius 2 is 1.94 bits per heavy atom. The average Bonchev–Trinajstić information content (AvgIpc) is 2.29. The smallest absolute Gasteiger partial charge is 0.154 e. The molecule has 0 aliphatic rings. The molecule has 0 radical (unpaired) electrons. The molecule has 2 aromatic rings. The summed E-state index contributed by atoms with van der Waals surface area (Å²) < 4.78 is 0. The van der Waals surface area contributed by atoms with E-state index >= 15 is 0 Å². The van der Waals surface area contributed by atoms with Crippen LogP contribution in [0, 0.1) is 0 Å². The fourth-order valence-electron chi connectivity index (χ4n) is 1.53. The molecule has 0 saturated carbocycles. The normalized spacial score (nSPS) is 10.1. The lowest BCUT2D eigenvalue weighted by Crippen LogP contribution is -1.99. The fraction of sp³-hybridized carbons (Fsp3) is 0. The molecule has 2 N–H and O–H groups in total. The van der Waals surface area contributed by atoms with E-state index in [0.717, 1.165) is 5.56 Å². The Kier molecular flexibility index (Phi) is 2.88. The average molecular weight is 233 g/mol. The van der Waals surface area contributed by atoms with E-state index in [0.29, 0.717) is 22.4 Å². The molecular formula is C12H9ClN2O. The first-order valence-corrected chi connectivity index (χ1v) is 5.06. The van der Waals surface area contributed by atoms with Gasteiger partial charge in [0.05, 0.1) is 5.56 Å². The maximum Gasteiger partial charge on any atom is 0.154 e. The van der Waals surface area contributed by atoms with Gasteiger partial charge in [-0.2, -0.15) is 0 Å². The monoisotopic (exact) mass is 232 g/mol. The van der Waals surface area contributed by atoms with Crippen LogP contribution in [0.25, 0.3) is 11.1 Å². The number of carbonyl (C=O) groups is 1. The minimum Gasteiger partial charge on any atom is -0.383 e. The molecule has 1 aromatic heterocycles. The Balaban J connectivity index is 2.69. The third-order valence-electron chi connectivity index (χ3n) is 2.30. The number of aldehydes is 1. The zero-order valence-corrected chi connectivity index (χ0v) is 9.11. The van der Waals surface area contributed by atoms with E-state index in [4.69, 9.17) is 17.3 Å². The van der Waals surface area contributed by atoms with E-state index in [1.165, 1.54) is 0 Å². The number of nitrogens with zero attached hydrogens (tertiary/aromatic N) is 1. The van der Waals surface area contributed by atoms with Crippen LogP contribution in [0.1, 0.15) is 10.4 Å². The van der Waals surface area contributed by atoms with E-state index in [1.807, 2.05) is 18.2 Å². The molecule has 1 heterocycles. The molecular weight excluding hydrogens is 224 g/mol. The Labute approximate surface area is 97.9 Å². The summed E-state index contributed by atoms with van der Waals surface area (Å²) in [7, 11) is 0. The summed E-state index contributed by atoms with van der Waals surface area (Å²) in [6, 6.07) is 9.01. The highest BCUT2D eigenvalue weighted by molar-refractivity contribution is 6.33. The highest BCUT2D eigenvalue weighted by atomic mass is 35.5. The van der Waals surface area contributed by atoms with Gasteiger partial charge in [-0.05, 0) is 17.7 Å². The number of rotatable bonds is 2. The van der Waals surface area contributed by atoms with Crippen LogP contribution in [0.4, 0.5) is 5.82 Å². The van der Waals surface area contributed by atoms with Crippen molar-refractivity contribution in [2.45, 2.75) is 0 Å². The minimum absolute atomic E-state index is 0.215. The third-order valence-corrected chi connectivity index (χ3v) is 2.63. The number of aromatic nitrogens is 1. The second kappa shape index (κ2) is 4.33. The number of nitrogens with two attached hydrogens (primary N) is 1. The van der Waals surface area contributed by atoms with Crippen molar-refractivity contribution < 1.29 is 4.79 Å². The molecule has 0 amide bonds. The van der Waals surface area contributed by atoms with E-state index in [2.05, 4.69) is 4.98 Å². The van der Waals surface area contributed by atoms with Crippen LogP contribution >= 0.6 is 11.6 Å². The molecule has 0 bridgehead atoms. The molecule has 0 unspecified atom stereocenters. The zero-order chi connectivity index (χ0) is 11.5. The molecule has 4 heteroatoms. The predicted octanol–water partition coefficient (Wildman–Crippen LogP) is 2.80. The molecule has 0 saturated heterocycles. The van der Waals surface area contributed by atoms with Crippen LogP contribution in [-0.2, 0) is 0 Å². The van der Waals surface area contributed by atoms with E-state index in [1.54, 1.807) is 18.3 Å². The summed E-state index contributed by atoms with van der Waals surface area (Å²) in [4.78, 5) is 14.8. The van der Waals surface area contributed by atoms with Crippen molar-refractivity contribution in [3.8, 4) is 11.1 Å². The van der Waals surface area contributed by atoms with Crippen molar-refractivity contribution in [1.29, 1.82) is 0 Å². The molecule has 80 valence electrons. The SMILES string of the molecule is Nc1nccc(-c2ccccc2Cl)c1C=O. The maximum absolute atomic E-state index is 11.0. The van der Waals surface area contributed by atoms with Gasteiger partial charge in [-0.25, -0.2) is 4.98 Å². The van der Waals surface area contributed by atoms with Gasteiger partial charge in [0.25, 0.3) is 0 Å². The summed E-state index contributed by atoms with van der Waals surface area (Å²) in [6.07, 6.45) is 2.25. The van der Waals surface area contributed by atoms with Crippen molar-refractivity contribution >= 4 is 23.7 Å². The highest BCUT2D eigenvalue weighted by Crippen LogP contribution is 2.30. The molecule has 0 aliphatic heterocycles. The first-order chi connectivity index (χ1) is 7.74. The minimum atomic E-state index is 0.215. The Morgan fingerprint density at radius 1 is 1.19 bits per heavy atom. The van der Waals surface area contributed by atoms with Crippen molar-refractivity contribution in [3.63, 3.8) is 0 Å². The van der Waals surface area contributed by atoms with Gasteiger partial charge in [0.15, 0.2) is 6.29 Å². The lowest BCUT2D eigenvalue weighted by atomic mass is 10.0. The van der Waals surface area contributed by atoms with Crippen molar-refractivity contribution in [2.24, 2.45) is 0 Å². The number of hydrogen-bond donors (Lipinski definition) is 1. The highest BCUT2D eigenvalue weighted by Gasteiger charge is 2.10. The molecule has 16 heavy (non-hydrogen) atoms. The summed E-state index contributed by atoms with van der Waals surface area (Å²) in [5.74, 6) is 0.215. The standard InChI is InChI=1S/C12H9ClN2O/c13-11-4-2-1-3-9(11)8-5-6-15-12(14)10(8)7-16/h1-7H,(H2,14,15). The van der Waals surface area contributed by atoms with Crippen molar-refractivity contribution in [3.05, 3.63) is 47.1 Å². The second-order valence-electron chi connectivity index (χ2n) is 3.26. The lowest BCUT2D eigenvalue weighted by Gasteiger charge is -2.08. The first-order valence-electron chi connectivity index (χ1n) is 4.68. The summed E-state index contributed by atoms with van der Waals surface area (Å²) >= 11 is 6.06. The Bertz CT molecular complexity index is 540. The fourth-order valence-corrected chi connectivity index (χ4v) is 1.77. The Morgan fingerprint density at radius 3 is 2.62 bits per heavy atom. The molecule has 3 nitrogen and oxygen atoms in total. The van der Waals surface area contributed by atoms with Gasteiger partial charge in [-0.3, -0.25) is 4.79 Å². The number of benzene rings is 1. The van der Waals surface area contributed by atoms with Gasteiger partial charge >= 0.3 is 0 Å². The lowest BCUT2D eigenvalue weighted by molar-refractivity contribution is 0.112. The number of anilines is 1. The van der Waals surface area contributed by atoms with Gasteiger partial charge in [-0.15, -0.1) is 0 Å². The van der Waals surface area contributed by atoms with Crippen LogP contribution in [0.5, 0.6) is 0 Å². The van der Waals surface area contributed by atoms with Crippen LogP contribution < -0.4 is 5.73 Å². The molecule has 0 aliphatic carbocycles. The summed E-state index contributed by atoms with van der Waals surface area (Å²) in [5, 5.41) is 0.580. The van der Waals surface area contributed by atoms with Gasteiger partial charge in [0.1, 0.15) is 5.82 Å². The van der Waals surface area contributed by atoms with Gasteiger partial charge in [0, 0.05) is 16.8 Å². The van der Waals surface area contributed by atoms with Crippen LogP contribution in [-0.4, -0.2) is 11.3 Å². The number of pyridine rings is 1. The van der Waals surface area contributed by atoms with E-state index < -0.39 is 0 Å². The first kappa shape index (κ1) is 10.6. The largest absolute Gasteiger partial charge is 0.383 e. The maximum atomic E-state index is 11.0. The van der Waals surface area contributed by atoms with Gasteiger partial charge in [0.2, 0.25) is 0 Å². The topological polar surface area (TPSA) is 56.0 Å².